The van der Waals surface area contributed by atoms with E-state index in [9.17, 15) is 0 Å². The van der Waals surface area contributed by atoms with Gasteiger partial charge in [-0.1, -0.05) is 121 Å². The fourth-order valence-corrected chi connectivity index (χ4v) is 10.8. The zero-order valence-corrected chi connectivity index (χ0v) is 29.1. The van der Waals surface area contributed by atoms with Gasteiger partial charge >= 0.3 is 0 Å². The minimum Gasteiger partial charge on any atom is -0.310 e. The first-order chi connectivity index (χ1) is 26.8. The van der Waals surface area contributed by atoms with Crippen LogP contribution in [0.4, 0.5) is 0 Å². The van der Waals surface area contributed by atoms with Crippen molar-refractivity contribution in [2.75, 3.05) is 0 Å². The van der Waals surface area contributed by atoms with Crippen molar-refractivity contribution in [1.29, 1.82) is 0 Å². The molecule has 0 unspecified atom stereocenters. The molecule has 0 saturated carbocycles. The maximum absolute atomic E-state index is 2.59. The van der Waals surface area contributed by atoms with Gasteiger partial charge in [0, 0.05) is 49.4 Å². The monoisotopic (exact) mass is 681 g/mol. The van der Waals surface area contributed by atoms with Gasteiger partial charge < -0.3 is 13.7 Å². The summed E-state index contributed by atoms with van der Waals surface area (Å²) < 4.78 is 7.68. The molecule has 0 spiro atoms. The molecule has 3 aromatic heterocycles. The van der Waals surface area contributed by atoms with E-state index in [1.807, 2.05) is 0 Å². The van der Waals surface area contributed by atoms with Crippen molar-refractivity contribution in [3.8, 4) is 17.1 Å². The Morgan fingerprint density at radius 3 is 1.72 bits per heavy atom. The smallest absolute Gasteiger partial charge is 0.253 e. The Balaban J connectivity index is 1.29. The summed E-state index contributed by atoms with van der Waals surface area (Å²) in [6.45, 7) is 0.0110. The van der Waals surface area contributed by atoms with Crippen LogP contribution in [0, 0.1) is 0 Å². The molecule has 0 bridgehead atoms. The van der Waals surface area contributed by atoms with Gasteiger partial charge in [0.05, 0.1) is 33.1 Å². The van der Waals surface area contributed by atoms with Crippen LogP contribution in [0.5, 0.6) is 0 Å². The molecule has 9 aromatic carbocycles. The van der Waals surface area contributed by atoms with Crippen molar-refractivity contribution >= 4 is 110 Å². The highest BCUT2D eigenvalue weighted by Gasteiger charge is 2.43. The fraction of sp³-hybridized carbons (Fsp3) is 0. The second kappa shape index (κ2) is 9.49. The molecule has 12 aromatic rings. The van der Waals surface area contributed by atoms with Gasteiger partial charge in [-0.2, -0.15) is 0 Å². The molecule has 0 saturated heterocycles. The Labute approximate surface area is 309 Å². The first-order valence-electron chi connectivity index (χ1n) is 18.9. The number of aromatic nitrogens is 3. The molecule has 0 fully saturated rings. The highest BCUT2D eigenvalue weighted by Crippen LogP contribution is 2.44. The second-order valence-electron chi connectivity index (χ2n) is 15.2. The van der Waals surface area contributed by atoms with Gasteiger partial charge in [0.15, 0.2) is 0 Å². The largest absolute Gasteiger partial charge is 0.310 e. The summed E-state index contributed by atoms with van der Waals surface area (Å²) in [5.41, 5.74) is 15.5. The van der Waals surface area contributed by atoms with E-state index in [2.05, 4.69) is 184 Å². The van der Waals surface area contributed by atoms with Gasteiger partial charge in [-0.3, -0.25) is 0 Å². The molecule has 3 nitrogen and oxygen atoms in total. The summed E-state index contributed by atoms with van der Waals surface area (Å²) in [6.07, 6.45) is 0. The molecule has 5 heterocycles. The average Bonchev–Trinajstić information content (AvgIpc) is 3.88. The first-order valence-corrected chi connectivity index (χ1v) is 18.9. The number of nitrogens with zero attached hydrogens (tertiary/aromatic N) is 3. The van der Waals surface area contributed by atoms with E-state index in [0.29, 0.717) is 0 Å². The Kier molecular flexibility index (Phi) is 4.85. The lowest BCUT2D eigenvalue weighted by Crippen LogP contribution is -2.59. The molecule has 54 heavy (non-hydrogen) atoms. The van der Waals surface area contributed by atoms with E-state index >= 15 is 0 Å². The highest BCUT2D eigenvalue weighted by molar-refractivity contribution is 7.02. The van der Waals surface area contributed by atoms with Gasteiger partial charge in [0.1, 0.15) is 0 Å². The van der Waals surface area contributed by atoms with Crippen LogP contribution in [0.3, 0.4) is 0 Å². The molecule has 0 radical (unpaired) electrons. The van der Waals surface area contributed by atoms with Gasteiger partial charge in [-0.05, 0) is 86.5 Å². The maximum Gasteiger partial charge on any atom is 0.253 e. The summed E-state index contributed by atoms with van der Waals surface area (Å²) in [5, 5.41) is 13.1. The van der Waals surface area contributed by atoms with E-state index in [-0.39, 0.29) is 6.71 Å². The number of rotatable bonds is 1. The molecule has 14 rings (SSSR count). The van der Waals surface area contributed by atoms with Gasteiger partial charge in [0.25, 0.3) is 6.71 Å². The maximum atomic E-state index is 2.59. The lowest BCUT2D eigenvalue weighted by atomic mass is 9.33. The minimum absolute atomic E-state index is 0.0110. The third-order valence-electron chi connectivity index (χ3n) is 12.8. The molecule has 246 valence electrons. The third-order valence-corrected chi connectivity index (χ3v) is 12.8. The van der Waals surface area contributed by atoms with E-state index in [1.54, 1.807) is 0 Å². The van der Waals surface area contributed by atoms with Crippen molar-refractivity contribution in [2.45, 2.75) is 0 Å². The molecule has 0 amide bonds. The first kappa shape index (κ1) is 27.6. The number of para-hydroxylation sites is 4. The molecule has 0 aliphatic carbocycles. The summed E-state index contributed by atoms with van der Waals surface area (Å²) >= 11 is 0. The van der Waals surface area contributed by atoms with Crippen molar-refractivity contribution in [2.24, 2.45) is 0 Å². The van der Waals surface area contributed by atoms with E-state index in [0.717, 1.165) is 0 Å². The third kappa shape index (κ3) is 3.08. The quantitative estimate of drug-likeness (QED) is 0.121. The summed E-state index contributed by atoms with van der Waals surface area (Å²) in [5.74, 6) is 0. The Hall–Kier alpha value is -7.04. The number of hydrogen-bond acceptors (Lipinski definition) is 0. The van der Waals surface area contributed by atoms with Crippen LogP contribution in [0.25, 0.3) is 104 Å². The van der Waals surface area contributed by atoms with Crippen LogP contribution in [-0.2, 0) is 0 Å². The molecule has 0 atom stereocenters. The molecular formula is C50H28BN3. The molecule has 4 heteroatoms. The Morgan fingerprint density at radius 2 is 0.944 bits per heavy atom. The van der Waals surface area contributed by atoms with Gasteiger partial charge in [0.2, 0.25) is 0 Å². The highest BCUT2D eigenvalue weighted by atomic mass is 15.0. The standard InChI is InChI=1S/C50H28BN3/c1-2-14-30(15-3-1)52-40-21-10-8-19-35(40)46-44(52)28-37-32-17-6-9-20-39(32)53-42-23-12-24-43-47(42)51(48(46)49(37)53)38-27-36-31-16-5-4-13-29(31)25-26-33(36)45-34-18-7-11-22-41(34)54(43)50(38)45/h1-28H. The molecule has 0 N–H and O–H groups in total. The van der Waals surface area contributed by atoms with E-state index < -0.39 is 0 Å². The van der Waals surface area contributed by atoms with Crippen molar-refractivity contribution < 1.29 is 0 Å². The summed E-state index contributed by atoms with van der Waals surface area (Å²) in [4.78, 5) is 0. The second-order valence-corrected chi connectivity index (χ2v) is 15.2. The Morgan fingerprint density at radius 1 is 0.333 bits per heavy atom. The lowest BCUT2D eigenvalue weighted by Gasteiger charge is -2.34. The normalized spacial score (nSPS) is 13.1. The summed E-state index contributed by atoms with van der Waals surface area (Å²) in [6, 6.07) is 63.7. The van der Waals surface area contributed by atoms with Crippen molar-refractivity contribution in [3.05, 3.63) is 170 Å². The van der Waals surface area contributed by atoms with Crippen LogP contribution in [0.15, 0.2) is 170 Å². The van der Waals surface area contributed by atoms with Gasteiger partial charge in [-0.25, -0.2) is 0 Å². The van der Waals surface area contributed by atoms with Crippen LogP contribution < -0.4 is 16.4 Å². The number of benzene rings is 9. The van der Waals surface area contributed by atoms with Crippen LogP contribution in [0.1, 0.15) is 0 Å². The Bertz CT molecular complexity index is 3670. The summed E-state index contributed by atoms with van der Waals surface area (Å²) in [7, 11) is 0. The minimum atomic E-state index is 0.0110. The molecule has 2 aliphatic rings. The SMILES string of the molecule is c1ccc(-n2c3ccccc3c3c4c5c(cc32)c2ccccc2n5-c2cccc3c2B4c2cc4c5ccccc5ccc4c4c5ccccc5n-3c24)cc1. The number of fused-ring (bicyclic) bond motifs is 18. The van der Waals surface area contributed by atoms with E-state index in [1.165, 1.54) is 120 Å². The van der Waals surface area contributed by atoms with Crippen molar-refractivity contribution in [3.63, 3.8) is 0 Å². The topological polar surface area (TPSA) is 14.8 Å². The van der Waals surface area contributed by atoms with Crippen LogP contribution >= 0.6 is 0 Å². The van der Waals surface area contributed by atoms with Crippen LogP contribution in [-0.4, -0.2) is 20.4 Å². The zero-order valence-electron chi connectivity index (χ0n) is 29.1. The lowest BCUT2D eigenvalue weighted by molar-refractivity contribution is 1.14. The molecular weight excluding hydrogens is 653 g/mol. The molecule has 2 aliphatic heterocycles. The number of hydrogen-bond donors (Lipinski definition) is 0. The average molecular weight is 682 g/mol. The van der Waals surface area contributed by atoms with E-state index in [4.69, 9.17) is 0 Å². The predicted molar refractivity (Wildman–Crippen MR) is 229 cm³/mol. The fourth-order valence-electron chi connectivity index (χ4n) is 10.8. The van der Waals surface area contributed by atoms with Gasteiger partial charge in [-0.15, -0.1) is 0 Å². The predicted octanol–water partition coefficient (Wildman–Crippen LogP) is 10.4. The van der Waals surface area contributed by atoms with Crippen molar-refractivity contribution in [1.82, 2.24) is 13.7 Å². The zero-order chi connectivity index (χ0) is 34.8. The van der Waals surface area contributed by atoms with Crippen LogP contribution in [0.2, 0.25) is 0 Å².